The van der Waals surface area contributed by atoms with Crippen LogP contribution >= 0.6 is 0 Å². The average molecular weight is 346 g/mol. The fourth-order valence-electron chi connectivity index (χ4n) is 4.30. The van der Waals surface area contributed by atoms with Gasteiger partial charge in [-0.1, -0.05) is 0 Å². The highest BCUT2D eigenvalue weighted by atomic mass is 32.2. The Morgan fingerprint density at radius 3 is 2.26 bits per heavy atom. The summed E-state index contributed by atoms with van der Waals surface area (Å²) in [5.74, 6) is 0.254. The number of nitrogens with zero attached hydrogens (tertiary/aromatic N) is 3. The lowest BCUT2D eigenvalue weighted by Gasteiger charge is -2.49. The molecule has 3 heterocycles. The van der Waals surface area contributed by atoms with Gasteiger partial charge in [-0.3, -0.25) is 0 Å². The number of hydrogen-bond donors (Lipinski definition) is 2. The van der Waals surface area contributed by atoms with Gasteiger partial charge in [-0.25, -0.2) is 0 Å². The first-order valence-corrected chi connectivity index (χ1v) is 10.1. The minimum absolute atomic E-state index is 0.119. The summed E-state index contributed by atoms with van der Waals surface area (Å²) >= 11 is 0. The smallest absolute Gasteiger partial charge is 0.282 e. The molecule has 134 valence electrons. The molecular formula is C15H30N4O3S. The average Bonchev–Trinajstić information content (AvgIpc) is 2.56. The summed E-state index contributed by atoms with van der Waals surface area (Å²) in [7, 11) is -1.30. The van der Waals surface area contributed by atoms with Gasteiger partial charge in [0.25, 0.3) is 10.2 Å². The predicted molar refractivity (Wildman–Crippen MR) is 89.3 cm³/mol. The third kappa shape index (κ3) is 3.43. The number of hydrogen-bond acceptors (Lipinski definition) is 5. The van der Waals surface area contributed by atoms with Crippen LogP contribution in [0.1, 0.15) is 19.3 Å². The van der Waals surface area contributed by atoms with Crippen LogP contribution in [-0.2, 0) is 10.2 Å². The Hall–Kier alpha value is -0.250. The first-order valence-electron chi connectivity index (χ1n) is 8.73. The highest BCUT2D eigenvalue weighted by molar-refractivity contribution is 7.86. The molecule has 8 heteroatoms. The monoisotopic (exact) mass is 346 g/mol. The van der Waals surface area contributed by atoms with Gasteiger partial charge in [0.05, 0.1) is 0 Å². The maximum absolute atomic E-state index is 12.8. The first-order chi connectivity index (χ1) is 11.0. The summed E-state index contributed by atoms with van der Waals surface area (Å²) in [5, 5.41) is 13.0. The second-order valence-electron chi connectivity index (χ2n) is 7.31. The fraction of sp³-hybridized carbons (Fsp3) is 1.00. The van der Waals surface area contributed by atoms with Gasteiger partial charge in [0.15, 0.2) is 0 Å². The zero-order chi connectivity index (χ0) is 16.5. The molecule has 3 aliphatic heterocycles. The number of nitrogens with one attached hydrogen (secondary N) is 1. The molecule has 23 heavy (non-hydrogen) atoms. The van der Waals surface area contributed by atoms with Crippen LogP contribution in [0.15, 0.2) is 0 Å². The molecule has 3 aliphatic rings. The molecule has 1 unspecified atom stereocenters. The molecule has 0 radical (unpaired) electrons. The summed E-state index contributed by atoms with van der Waals surface area (Å²) in [6.07, 6.45) is 2.78. The van der Waals surface area contributed by atoms with E-state index in [0.29, 0.717) is 26.2 Å². The van der Waals surface area contributed by atoms with Crippen molar-refractivity contribution in [3.8, 4) is 0 Å². The van der Waals surface area contributed by atoms with E-state index >= 15 is 0 Å². The van der Waals surface area contributed by atoms with Gasteiger partial charge in [0.2, 0.25) is 0 Å². The molecule has 1 spiro atoms. The summed E-state index contributed by atoms with van der Waals surface area (Å²) < 4.78 is 29.0. The Morgan fingerprint density at radius 1 is 1.04 bits per heavy atom. The minimum Gasteiger partial charge on any atom is -0.396 e. The standard InChI is InChI=1S/C15H30N4O3S/c1-17-8-10-19(11-9-17)23(21,22)18-6-3-15(4-7-18)2-5-16-12-14(15)13-20/h14,16,20H,2-13H2,1H3. The van der Waals surface area contributed by atoms with Crippen molar-refractivity contribution in [3.05, 3.63) is 0 Å². The Bertz CT molecular complexity index is 497. The molecule has 3 saturated heterocycles. The molecule has 0 bridgehead atoms. The molecule has 0 amide bonds. The van der Waals surface area contributed by atoms with Crippen molar-refractivity contribution in [2.45, 2.75) is 19.3 Å². The van der Waals surface area contributed by atoms with E-state index in [0.717, 1.165) is 45.4 Å². The molecule has 7 nitrogen and oxygen atoms in total. The molecule has 1 atom stereocenters. The van der Waals surface area contributed by atoms with E-state index in [1.807, 2.05) is 7.05 Å². The van der Waals surface area contributed by atoms with Crippen LogP contribution in [0.2, 0.25) is 0 Å². The van der Waals surface area contributed by atoms with Gasteiger partial charge < -0.3 is 15.3 Å². The third-order valence-corrected chi connectivity index (χ3v) is 8.15. The Labute approximate surface area is 139 Å². The quantitative estimate of drug-likeness (QED) is 0.697. The van der Waals surface area contributed by atoms with Crippen LogP contribution in [0.4, 0.5) is 0 Å². The summed E-state index contributed by atoms with van der Waals surface area (Å²) in [6, 6.07) is 0. The van der Waals surface area contributed by atoms with E-state index in [2.05, 4.69) is 10.2 Å². The van der Waals surface area contributed by atoms with Crippen molar-refractivity contribution in [2.24, 2.45) is 11.3 Å². The topological polar surface area (TPSA) is 76.1 Å². The van der Waals surface area contributed by atoms with Crippen molar-refractivity contribution in [1.29, 1.82) is 0 Å². The van der Waals surface area contributed by atoms with E-state index in [1.54, 1.807) is 8.61 Å². The maximum atomic E-state index is 12.8. The minimum atomic E-state index is -3.33. The van der Waals surface area contributed by atoms with Gasteiger partial charge in [0, 0.05) is 58.3 Å². The second kappa shape index (κ2) is 6.93. The Morgan fingerprint density at radius 2 is 1.65 bits per heavy atom. The van der Waals surface area contributed by atoms with Crippen LogP contribution in [0, 0.1) is 11.3 Å². The zero-order valence-corrected chi connectivity index (χ0v) is 14.9. The maximum Gasteiger partial charge on any atom is 0.282 e. The molecule has 0 aliphatic carbocycles. The number of likely N-dealkylation sites (N-methyl/N-ethyl adjacent to an activating group) is 1. The number of rotatable bonds is 3. The SMILES string of the molecule is CN1CCN(S(=O)(=O)N2CCC3(CCNCC3CO)CC2)CC1. The van der Waals surface area contributed by atoms with E-state index in [1.165, 1.54) is 0 Å². The van der Waals surface area contributed by atoms with Gasteiger partial charge in [-0.2, -0.15) is 17.0 Å². The van der Waals surface area contributed by atoms with Crippen molar-refractivity contribution in [2.75, 3.05) is 66.0 Å². The third-order valence-electron chi connectivity index (χ3n) is 6.11. The van der Waals surface area contributed by atoms with Crippen LogP contribution < -0.4 is 5.32 Å². The lowest BCUT2D eigenvalue weighted by Crippen LogP contribution is -2.57. The highest BCUT2D eigenvalue weighted by Crippen LogP contribution is 2.44. The van der Waals surface area contributed by atoms with E-state index in [4.69, 9.17) is 0 Å². The number of piperazine rings is 1. The molecule has 0 aromatic carbocycles. The molecule has 0 aromatic rings. The van der Waals surface area contributed by atoms with Crippen molar-refractivity contribution in [3.63, 3.8) is 0 Å². The molecule has 3 fully saturated rings. The molecule has 3 rings (SSSR count). The molecule has 0 saturated carbocycles. The van der Waals surface area contributed by atoms with Crippen molar-refractivity contribution in [1.82, 2.24) is 18.8 Å². The fourth-order valence-corrected chi connectivity index (χ4v) is 5.89. The lowest BCUT2D eigenvalue weighted by atomic mass is 9.65. The molecule has 0 aromatic heterocycles. The number of aliphatic hydroxyl groups is 1. The summed E-state index contributed by atoms with van der Waals surface area (Å²) in [4.78, 5) is 2.16. The number of piperidine rings is 2. The first kappa shape index (κ1) is 17.6. The normalized spacial score (nSPS) is 31.5. The Kier molecular flexibility index (Phi) is 5.30. The van der Waals surface area contributed by atoms with Gasteiger partial charge in [0.1, 0.15) is 0 Å². The summed E-state index contributed by atoms with van der Waals surface area (Å²) in [5.41, 5.74) is 0.119. The second-order valence-corrected chi connectivity index (χ2v) is 9.23. The van der Waals surface area contributed by atoms with Gasteiger partial charge in [-0.05, 0) is 38.3 Å². The zero-order valence-electron chi connectivity index (χ0n) is 14.1. The van der Waals surface area contributed by atoms with Crippen molar-refractivity contribution >= 4 is 10.2 Å². The van der Waals surface area contributed by atoms with E-state index in [-0.39, 0.29) is 17.9 Å². The van der Waals surface area contributed by atoms with Gasteiger partial charge in [-0.15, -0.1) is 0 Å². The van der Waals surface area contributed by atoms with Crippen molar-refractivity contribution < 1.29 is 13.5 Å². The highest BCUT2D eigenvalue weighted by Gasteiger charge is 2.45. The van der Waals surface area contributed by atoms with Crippen LogP contribution in [0.3, 0.4) is 0 Å². The Balaban J connectivity index is 1.64. The van der Waals surface area contributed by atoms with Crippen LogP contribution in [0.5, 0.6) is 0 Å². The van der Waals surface area contributed by atoms with Crippen LogP contribution in [0.25, 0.3) is 0 Å². The lowest BCUT2D eigenvalue weighted by molar-refractivity contribution is 0.0114. The predicted octanol–water partition coefficient (Wildman–Crippen LogP) is -0.837. The van der Waals surface area contributed by atoms with E-state index < -0.39 is 10.2 Å². The van der Waals surface area contributed by atoms with E-state index in [9.17, 15) is 13.5 Å². The van der Waals surface area contributed by atoms with Crippen LogP contribution in [-0.4, -0.2) is 93.0 Å². The number of aliphatic hydroxyl groups excluding tert-OH is 1. The largest absolute Gasteiger partial charge is 0.396 e. The van der Waals surface area contributed by atoms with Gasteiger partial charge >= 0.3 is 0 Å². The molecule has 2 N–H and O–H groups in total. The molecular weight excluding hydrogens is 316 g/mol. The summed E-state index contributed by atoms with van der Waals surface area (Å²) in [6.45, 7) is 5.97.